The summed E-state index contributed by atoms with van der Waals surface area (Å²) in [5.74, 6) is -0.259. The lowest BCUT2D eigenvalue weighted by molar-refractivity contribution is -0.122. The topological polar surface area (TPSA) is 81.2 Å². The van der Waals surface area contributed by atoms with Crippen LogP contribution in [0.4, 0.5) is 0 Å². The Morgan fingerprint density at radius 2 is 2.41 bits per heavy atom. The van der Waals surface area contributed by atoms with Gasteiger partial charge in [0.1, 0.15) is 5.52 Å². The largest absolute Gasteiger partial charge is 0.443 e. The van der Waals surface area contributed by atoms with E-state index in [0.29, 0.717) is 18.7 Å². The molecule has 0 saturated heterocycles. The van der Waals surface area contributed by atoms with Gasteiger partial charge in [0.2, 0.25) is 5.91 Å². The molecule has 1 heterocycles. The number of oxazole rings is 1. The summed E-state index contributed by atoms with van der Waals surface area (Å²) in [7, 11) is 0. The molecule has 3 N–H and O–H groups in total. The first-order chi connectivity index (χ1) is 8.22. The van der Waals surface area contributed by atoms with Crippen molar-refractivity contribution < 1.29 is 9.21 Å². The maximum Gasteiger partial charge on any atom is 0.227 e. The number of hydrogen-bond donors (Lipinski definition) is 2. The van der Waals surface area contributed by atoms with E-state index in [9.17, 15) is 4.79 Å². The van der Waals surface area contributed by atoms with Crippen LogP contribution in [0, 0.1) is 0 Å². The first-order valence-corrected chi connectivity index (χ1v) is 5.53. The lowest BCUT2D eigenvalue weighted by atomic mass is 10.00. The second-order valence-corrected chi connectivity index (χ2v) is 3.88. The maximum atomic E-state index is 11.8. The highest BCUT2D eigenvalue weighted by Gasteiger charge is 2.15. The fourth-order valence-corrected chi connectivity index (χ4v) is 1.64. The Bertz CT molecular complexity index is 521. The number of nitrogens with two attached hydrogens (primary N) is 1. The average Bonchev–Trinajstić information content (AvgIpc) is 2.81. The van der Waals surface area contributed by atoms with E-state index in [-0.39, 0.29) is 11.8 Å². The number of nitrogens with one attached hydrogen (secondary N) is 1. The average molecular weight is 233 g/mol. The molecule has 0 aliphatic rings. The number of carbonyl (C=O) groups is 1. The number of rotatable bonds is 4. The van der Waals surface area contributed by atoms with Crippen molar-refractivity contribution in [3.8, 4) is 0 Å². The van der Waals surface area contributed by atoms with Crippen LogP contribution in [0.3, 0.4) is 0 Å². The Morgan fingerprint density at radius 3 is 3.18 bits per heavy atom. The van der Waals surface area contributed by atoms with Gasteiger partial charge in [-0.15, -0.1) is 0 Å². The molecular formula is C12H15N3O2. The SMILES string of the molecule is CC(C(=O)NCCN)c1ccc2ncoc2c1. The van der Waals surface area contributed by atoms with Crippen LogP contribution < -0.4 is 11.1 Å². The van der Waals surface area contributed by atoms with Gasteiger partial charge in [0, 0.05) is 13.1 Å². The zero-order valence-corrected chi connectivity index (χ0v) is 9.64. The van der Waals surface area contributed by atoms with Crippen molar-refractivity contribution in [1.29, 1.82) is 0 Å². The fourth-order valence-electron chi connectivity index (χ4n) is 1.64. The maximum absolute atomic E-state index is 11.8. The van der Waals surface area contributed by atoms with E-state index in [4.69, 9.17) is 10.2 Å². The summed E-state index contributed by atoms with van der Waals surface area (Å²) in [6.07, 6.45) is 1.40. The summed E-state index contributed by atoms with van der Waals surface area (Å²) < 4.78 is 5.21. The van der Waals surface area contributed by atoms with Crippen molar-refractivity contribution in [3.05, 3.63) is 30.2 Å². The second-order valence-electron chi connectivity index (χ2n) is 3.88. The van der Waals surface area contributed by atoms with Gasteiger partial charge in [-0.05, 0) is 24.6 Å². The summed E-state index contributed by atoms with van der Waals surface area (Å²) in [6.45, 7) is 2.79. The van der Waals surface area contributed by atoms with Crippen LogP contribution in [0.25, 0.3) is 11.1 Å². The number of benzene rings is 1. The normalized spacial score (nSPS) is 12.6. The van der Waals surface area contributed by atoms with Crippen LogP contribution in [-0.4, -0.2) is 24.0 Å². The summed E-state index contributed by atoms with van der Waals surface area (Å²) in [5.41, 5.74) is 7.73. The molecule has 2 aromatic rings. The highest BCUT2D eigenvalue weighted by Crippen LogP contribution is 2.20. The van der Waals surface area contributed by atoms with Gasteiger partial charge in [0.05, 0.1) is 5.92 Å². The predicted octanol–water partition coefficient (Wildman–Crippen LogP) is 1.01. The molecule has 1 amide bonds. The number of nitrogens with zero attached hydrogens (tertiary/aromatic N) is 1. The van der Waals surface area contributed by atoms with Crippen LogP contribution >= 0.6 is 0 Å². The molecule has 0 aliphatic carbocycles. The number of amides is 1. The Balaban J connectivity index is 2.17. The van der Waals surface area contributed by atoms with Crippen molar-refractivity contribution in [3.63, 3.8) is 0 Å². The molecule has 1 unspecified atom stereocenters. The molecule has 0 spiro atoms. The highest BCUT2D eigenvalue weighted by atomic mass is 16.3. The lowest BCUT2D eigenvalue weighted by Gasteiger charge is -2.11. The van der Waals surface area contributed by atoms with Crippen LogP contribution in [0.15, 0.2) is 29.0 Å². The second kappa shape index (κ2) is 4.97. The van der Waals surface area contributed by atoms with Gasteiger partial charge in [0.15, 0.2) is 12.0 Å². The highest BCUT2D eigenvalue weighted by molar-refractivity contribution is 5.84. The molecule has 1 aromatic carbocycles. The van der Waals surface area contributed by atoms with Gasteiger partial charge in [-0.3, -0.25) is 4.79 Å². The molecule has 0 aliphatic heterocycles. The molecule has 1 atom stereocenters. The molecule has 17 heavy (non-hydrogen) atoms. The van der Waals surface area contributed by atoms with E-state index in [1.54, 1.807) is 0 Å². The summed E-state index contributed by atoms with van der Waals surface area (Å²) in [5, 5.41) is 2.76. The van der Waals surface area contributed by atoms with Gasteiger partial charge < -0.3 is 15.5 Å². The zero-order valence-electron chi connectivity index (χ0n) is 9.64. The number of fused-ring (bicyclic) bond motifs is 1. The Hall–Kier alpha value is -1.88. The lowest BCUT2D eigenvalue weighted by Crippen LogP contribution is -2.32. The van der Waals surface area contributed by atoms with E-state index in [2.05, 4.69) is 10.3 Å². The first kappa shape index (κ1) is 11.6. The minimum absolute atomic E-state index is 0.0330. The molecule has 0 fully saturated rings. The van der Waals surface area contributed by atoms with Gasteiger partial charge in [-0.1, -0.05) is 6.07 Å². The van der Waals surface area contributed by atoms with Crippen molar-refractivity contribution in [1.82, 2.24) is 10.3 Å². The van der Waals surface area contributed by atoms with Crippen LogP contribution in [0.2, 0.25) is 0 Å². The number of carbonyl (C=O) groups excluding carboxylic acids is 1. The van der Waals surface area contributed by atoms with Gasteiger partial charge in [-0.25, -0.2) is 4.98 Å². The van der Waals surface area contributed by atoms with Crippen molar-refractivity contribution in [2.75, 3.05) is 13.1 Å². The molecule has 2 rings (SSSR count). The monoisotopic (exact) mass is 233 g/mol. The van der Waals surface area contributed by atoms with E-state index < -0.39 is 0 Å². The minimum atomic E-state index is -0.226. The predicted molar refractivity (Wildman–Crippen MR) is 64.5 cm³/mol. The first-order valence-electron chi connectivity index (χ1n) is 5.53. The fraction of sp³-hybridized carbons (Fsp3) is 0.333. The molecular weight excluding hydrogens is 218 g/mol. The molecule has 1 aromatic heterocycles. The van der Waals surface area contributed by atoms with E-state index >= 15 is 0 Å². The molecule has 0 saturated carbocycles. The van der Waals surface area contributed by atoms with Crippen molar-refractivity contribution in [2.45, 2.75) is 12.8 Å². The smallest absolute Gasteiger partial charge is 0.227 e. The number of hydrogen-bond acceptors (Lipinski definition) is 4. The quantitative estimate of drug-likeness (QED) is 0.825. The van der Waals surface area contributed by atoms with Crippen LogP contribution in [-0.2, 0) is 4.79 Å². The van der Waals surface area contributed by atoms with Crippen LogP contribution in [0.1, 0.15) is 18.4 Å². The third-order valence-corrected chi connectivity index (χ3v) is 2.69. The van der Waals surface area contributed by atoms with E-state index in [1.165, 1.54) is 6.39 Å². The minimum Gasteiger partial charge on any atom is -0.443 e. The standard InChI is InChI=1S/C12H15N3O2/c1-8(12(16)14-5-4-13)9-2-3-10-11(6-9)17-7-15-10/h2-3,6-8H,4-5,13H2,1H3,(H,14,16). The molecule has 90 valence electrons. The third kappa shape index (κ3) is 2.45. The van der Waals surface area contributed by atoms with Crippen molar-refractivity contribution >= 4 is 17.0 Å². The molecule has 0 bridgehead atoms. The van der Waals surface area contributed by atoms with E-state index in [1.807, 2.05) is 25.1 Å². The Labute approximate surface area is 99.0 Å². The number of aromatic nitrogens is 1. The molecule has 0 radical (unpaired) electrons. The van der Waals surface area contributed by atoms with E-state index in [0.717, 1.165) is 11.1 Å². The molecule has 5 heteroatoms. The summed E-state index contributed by atoms with van der Waals surface area (Å²) in [6, 6.07) is 5.58. The Kier molecular flexibility index (Phi) is 3.39. The van der Waals surface area contributed by atoms with Gasteiger partial charge in [0.25, 0.3) is 0 Å². The van der Waals surface area contributed by atoms with Crippen LogP contribution in [0.5, 0.6) is 0 Å². The van der Waals surface area contributed by atoms with Crippen molar-refractivity contribution in [2.24, 2.45) is 5.73 Å². The summed E-state index contributed by atoms with van der Waals surface area (Å²) >= 11 is 0. The van der Waals surface area contributed by atoms with Gasteiger partial charge in [-0.2, -0.15) is 0 Å². The van der Waals surface area contributed by atoms with Gasteiger partial charge >= 0.3 is 0 Å². The Morgan fingerprint density at radius 1 is 1.59 bits per heavy atom. The zero-order chi connectivity index (χ0) is 12.3. The molecule has 5 nitrogen and oxygen atoms in total. The third-order valence-electron chi connectivity index (χ3n) is 2.69. The summed E-state index contributed by atoms with van der Waals surface area (Å²) in [4.78, 5) is 15.8.